The number of nitrogens with one attached hydrogen (secondary N) is 1. The lowest BCUT2D eigenvalue weighted by molar-refractivity contribution is -0.120. The van der Waals surface area contributed by atoms with Gasteiger partial charge in [0.15, 0.2) is 11.5 Å². The fraction of sp³-hybridized carbons (Fsp3) is 0.120. The van der Waals surface area contributed by atoms with Gasteiger partial charge < -0.3 is 14.8 Å². The van der Waals surface area contributed by atoms with Gasteiger partial charge in [-0.2, -0.15) is 0 Å². The number of methoxy groups -OCH3 is 2. The number of anilines is 2. The number of carbonyl (C=O) groups excluding carboxylic acids is 2. The van der Waals surface area contributed by atoms with E-state index in [0.29, 0.717) is 34.0 Å². The Morgan fingerprint density at radius 2 is 1.45 bits per heavy atom. The molecule has 0 bridgehead atoms. The molecule has 0 atom stereocenters. The van der Waals surface area contributed by atoms with Crippen molar-refractivity contribution in [2.24, 2.45) is 0 Å². The van der Waals surface area contributed by atoms with Gasteiger partial charge in [-0.1, -0.05) is 48.0 Å². The van der Waals surface area contributed by atoms with Gasteiger partial charge in [0, 0.05) is 11.8 Å². The summed E-state index contributed by atoms with van der Waals surface area (Å²) >= 11 is 0. The van der Waals surface area contributed by atoms with Crippen molar-refractivity contribution in [3.63, 3.8) is 0 Å². The monoisotopic (exact) mass is 414 g/mol. The van der Waals surface area contributed by atoms with Crippen molar-refractivity contribution in [3.05, 3.63) is 89.6 Å². The Bertz CT molecular complexity index is 1170. The summed E-state index contributed by atoms with van der Waals surface area (Å²) in [5.74, 6) is 0.298. The Morgan fingerprint density at radius 3 is 2.10 bits per heavy atom. The number of aryl methyl sites for hydroxylation is 1. The van der Waals surface area contributed by atoms with Gasteiger partial charge in [-0.3, -0.25) is 9.59 Å². The van der Waals surface area contributed by atoms with E-state index >= 15 is 0 Å². The van der Waals surface area contributed by atoms with Crippen LogP contribution in [0.3, 0.4) is 0 Å². The highest BCUT2D eigenvalue weighted by Crippen LogP contribution is 2.35. The smallest absolute Gasteiger partial charge is 0.282 e. The summed E-state index contributed by atoms with van der Waals surface area (Å²) in [6.45, 7) is 1.97. The molecule has 1 heterocycles. The van der Waals surface area contributed by atoms with E-state index in [1.807, 2.05) is 37.3 Å². The first-order valence-corrected chi connectivity index (χ1v) is 9.77. The number of ether oxygens (including phenoxy) is 2. The number of hydrogen-bond donors (Lipinski definition) is 1. The maximum Gasteiger partial charge on any atom is 0.282 e. The minimum absolute atomic E-state index is 0.213. The second-order valence-electron chi connectivity index (χ2n) is 7.09. The highest BCUT2D eigenvalue weighted by atomic mass is 16.5. The van der Waals surface area contributed by atoms with Crippen LogP contribution in [0.15, 0.2) is 78.5 Å². The van der Waals surface area contributed by atoms with E-state index < -0.39 is 5.91 Å². The van der Waals surface area contributed by atoms with Crippen LogP contribution in [0, 0.1) is 6.92 Å². The van der Waals surface area contributed by atoms with Gasteiger partial charge in [0.2, 0.25) is 0 Å². The van der Waals surface area contributed by atoms with E-state index in [2.05, 4.69) is 5.32 Å². The molecule has 0 saturated carbocycles. The standard InChI is InChI=1S/C25H22N2O4/c1-16-9-11-17(12-10-16)22-23(26-18-13-14-20(30-2)21(15-18)31-3)25(29)27(24(22)28)19-7-5-4-6-8-19/h4-15,26H,1-3H3. The highest BCUT2D eigenvalue weighted by Gasteiger charge is 2.40. The van der Waals surface area contributed by atoms with Crippen molar-refractivity contribution in [3.8, 4) is 11.5 Å². The summed E-state index contributed by atoms with van der Waals surface area (Å²) in [6.07, 6.45) is 0. The summed E-state index contributed by atoms with van der Waals surface area (Å²) in [5.41, 5.74) is 3.40. The Kier molecular flexibility index (Phi) is 5.45. The SMILES string of the molecule is COc1ccc(NC2=C(c3ccc(C)cc3)C(=O)N(c3ccccc3)C2=O)cc1OC. The number of carbonyl (C=O) groups is 2. The molecule has 1 N–H and O–H groups in total. The third kappa shape index (κ3) is 3.75. The maximum absolute atomic E-state index is 13.4. The second kappa shape index (κ2) is 8.36. The molecule has 0 aliphatic carbocycles. The number of para-hydroxylation sites is 1. The number of nitrogens with zero attached hydrogens (tertiary/aromatic N) is 1. The van der Waals surface area contributed by atoms with Crippen LogP contribution in [0.5, 0.6) is 11.5 Å². The summed E-state index contributed by atoms with van der Waals surface area (Å²) in [7, 11) is 3.10. The Balaban J connectivity index is 1.81. The molecule has 1 aliphatic heterocycles. The normalized spacial score (nSPS) is 13.6. The predicted molar refractivity (Wildman–Crippen MR) is 120 cm³/mol. The first-order valence-electron chi connectivity index (χ1n) is 9.77. The first-order chi connectivity index (χ1) is 15.0. The third-order valence-electron chi connectivity index (χ3n) is 5.09. The molecule has 3 aromatic carbocycles. The van der Waals surface area contributed by atoms with E-state index in [0.717, 1.165) is 5.56 Å². The van der Waals surface area contributed by atoms with Crippen LogP contribution in [0.2, 0.25) is 0 Å². The maximum atomic E-state index is 13.4. The topological polar surface area (TPSA) is 67.9 Å². The predicted octanol–water partition coefficient (Wildman–Crippen LogP) is 4.41. The number of benzene rings is 3. The lowest BCUT2D eigenvalue weighted by Gasteiger charge is -2.15. The molecular weight excluding hydrogens is 392 g/mol. The average molecular weight is 414 g/mol. The molecule has 0 aromatic heterocycles. The van der Waals surface area contributed by atoms with Crippen molar-refractivity contribution < 1.29 is 19.1 Å². The molecule has 3 aromatic rings. The molecule has 2 amide bonds. The van der Waals surface area contributed by atoms with Crippen molar-refractivity contribution in [1.29, 1.82) is 0 Å². The minimum atomic E-state index is -0.415. The van der Waals surface area contributed by atoms with Crippen LogP contribution >= 0.6 is 0 Å². The van der Waals surface area contributed by atoms with Gasteiger partial charge in [-0.15, -0.1) is 0 Å². The molecule has 4 rings (SSSR count). The van der Waals surface area contributed by atoms with Crippen LogP contribution in [0.1, 0.15) is 11.1 Å². The van der Waals surface area contributed by atoms with E-state index in [9.17, 15) is 9.59 Å². The fourth-order valence-corrected chi connectivity index (χ4v) is 3.50. The molecule has 1 aliphatic rings. The largest absolute Gasteiger partial charge is 0.493 e. The average Bonchev–Trinajstić information content (AvgIpc) is 3.04. The lowest BCUT2D eigenvalue weighted by Crippen LogP contribution is -2.32. The zero-order valence-corrected chi connectivity index (χ0v) is 17.5. The summed E-state index contributed by atoms with van der Waals surface area (Å²) in [4.78, 5) is 28.0. The first kappa shape index (κ1) is 20.2. The van der Waals surface area contributed by atoms with E-state index in [1.165, 1.54) is 4.90 Å². The number of hydrogen-bond acceptors (Lipinski definition) is 5. The molecule has 6 heteroatoms. The zero-order chi connectivity index (χ0) is 22.0. The lowest BCUT2D eigenvalue weighted by atomic mass is 10.0. The van der Waals surface area contributed by atoms with E-state index in [-0.39, 0.29) is 11.6 Å². The van der Waals surface area contributed by atoms with Crippen LogP contribution in [0.25, 0.3) is 5.57 Å². The van der Waals surface area contributed by atoms with Crippen LogP contribution in [0.4, 0.5) is 11.4 Å². The molecule has 0 saturated heterocycles. The van der Waals surface area contributed by atoms with Gasteiger partial charge in [0.1, 0.15) is 5.70 Å². The van der Waals surface area contributed by atoms with Crippen LogP contribution < -0.4 is 19.7 Å². The summed E-state index contributed by atoms with van der Waals surface area (Å²) < 4.78 is 10.6. The van der Waals surface area contributed by atoms with Crippen LogP contribution in [-0.4, -0.2) is 26.0 Å². The Morgan fingerprint density at radius 1 is 0.774 bits per heavy atom. The van der Waals surface area contributed by atoms with Gasteiger partial charge >= 0.3 is 0 Å². The Hall–Kier alpha value is -4.06. The fourth-order valence-electron chi connectivity index (χ4n) is 3.50. The number of amides is 2. The van der Waals surface area contributed by atoms with Gasteiger partial charge in [-0.25, -0.2) is 4.90 Å². The van der Waals surface area contributed by atoms with Crippen molar-refractivity contribution in [2.75, 3.05) is 24.4 Å². The molecule has 0 radical (unpaired) electrons. The van der Waals surface area contributed by atoms with E-state index in [1.54, 1.807) is 56.7 Å². The number of rotatable bonds is 6. The van der Waals surface area contributed by atoms with E-state index in [4.69, 9.17) is 9.47 Å². The molecule has 156 valence electrons. The van der Waals surface area contributed by atoms with Crippen LogP contribution in [-0.2, 0) is 9.59 Å². The second-order valence-corrected chi connectivity index (χ2v) is 7.09. The summed E-state index contributed by atoms with van der Waals surface area (Å²) in [6, 6.07) is 21.7. The molecule has 31 heavy (non-hydrogen) atoms. The molecule has 0 fully saturated rings. The van der Waals surface area contributed by atoms with Gasteiger partial charge in [0.25, 0.3) is 11.8 Å². The number of imide groups is 1. The molecular formula is C25H22N2O4. The zero-order valence-electron chi connectivity index (χ0n) is 17.5. The molecule has 6 nitrogen and oxygen atoms in total. The van der Waals surface area contributed by atoms with Crippen molar-refractivity contribution in [1.82, 2.24) is 0 Å². The molecule has 0 spiro atoms. The van der Waals surface area contributed by atoms with Crippen molar-refractivity contribution in [2.45, 2.75) is 6.92 Å². The molecule has 0 unspecified atom stereocenters. The van der Waals surface area contributed by atoms with Gasteiger partial charge in [0.05, 0.1) is 25.5 Å². The summed E-state index contributed by atoms with van der Waals surface area (Å²) in [5, 5.41) is 3.14. The highest BCUT2D eigenvalue weighted by molar-refractivity contribution is 6.46. The third-order valence-corrected chi connectivity index (χ3v) is 5.09. The minimum Gasteiger partial charge on any atom is -0.493 e. The Labute approximate surface area is 180 Å². The van der Waals surface area contributed by atoms with Crippen molar-refractivity contribution >= 4 is 28.8 Å². The quantitative estimate of drug-likeness (QED) is 0.605. The van der Waals surface area contributed by atoms with Gasteiger partial charge in [-0.05, 0) is 36.8 Å².